The van der Waals surface area contributed by atoms with E-state index in [-0.39, 0.29) is 0 Å². The maximum Gasteiger partial charge on any atom is 0.180 e. The van der Waals surface area contributed by atoms with Crippen molar-refractivity contribution >= 4 is 16.5 Å². The number of nitrogens with zero attached hydrogens (tertiary/aromatic N) is 1. The Hall–Kier alpha value is -0.650. The molecule has 2 atom stereocenters. The molecule has 2 N–H and O–H groups in total. The van der Waals surface area contributed by atoms with E-state index in [1.165, 1.54) is 17.8 Å². The van der Waals surface area contributed by atoms with Crippen LogP contribution >= 0.6 is 11.3 Å². The van der Waals surface area contributed by atoms with E-state index in [1.807, 2.05) is 5.38 Å². The Labute approximate surface area is 99.8 Å². The van der Waals surface area contributed by atoms with Gasteiger partial charge in [-0.1, -0.05) is 0 Å². The Kier molecular flexibility index (Phi) is 4.15. The summed E-state index contributed by atoms with van der Waals surface area (Å²) in [5.74, 6) is 0. The number of rotatable bonds is 4. The SMILES string of the molecule is COC1CCCC(OCc2csc(N)n2)C1. The third-order valence-electron chi connectivity index (χ3n) is 2.95. The third-order valence-corrected chi connectivity index (χ3v) is 3.67. The van der Waals surface area contributed by atoms with Gasteiger partial charge in [0.25, 0.3) is 0 Å². The van der Waals surface area contributed by atoms with Crippen LogP contribution in [0.5, 0.6) is 0 Å². The van der Waals surface area contributed by atoms with Crippen LogP contribution in [0.25, 0.3) is 0 Å². The topological polar surface area (TPSA) is 57.4 Å². The number of hydrogen-bond donors (Lipinski definition) is 1. The average molecular weight is 242 g/mol. The second kappa shape index (κ2) is 5.61. The van der Waals surface area contributed by atoms with Crippen LogP contribution in [-0.4, -0.2) is 24.3 Å². The number of nitrogen functional groups attached to an aromatic ring is 1. The van der Waals surface area contributed by atoms with Crippen LogP contribution in [0.3, 0.4) is 0 Å². The summed E-state index contributed by atoms with van der Waals surface area (Å²) in [5, 5.41) is 2.56. The highest BCUT2D eigenvalue weighted by Gasteiger charge is 2.22. The first kappa shape index (κ1) is 11.8. The fourth-order valence-corrected chi connectivity index (χ4v) is 2.61. The molecule has 0 saturated heterocycles. The molecular weight excluding hydrogens is 224 g/mol. The van der Waals surface area contributed by atoms with Gasteiger partial charge in [0.2, 0.25) is 0 Å². The largest absolute Gasteiger partial charge is 0.381 e. The smallest absolute Gasteiger partial charge is 0.180 e. The van der Waals surface area contributed by atoms with Gasteiger partial charge in [-0.05, 0) is 25.7 Å². The summed E-state index contributed by atoms with van der Waals surface area (Å²) in [7, 11) is 1.77. The predicted octanol–water partition coefficient (Wildman–Crippen LogP) is 2.20. The average Bonchev–Trinajstić information content (AvgIpc) is 2.73. The van der Waals surface area contributed by atoms with E-state index in [0.717, 1.165) is 25.0 Å². The molecule has 1 aliphatic rings. The van der Waals surface area contributed by atoms with Crippen LogP contribution in [-0.2, 0) is 16.1 Å². The standard InChI is InChI=1S/C11H18N2O2S/c1-14-9-3-2-4-10(5-9)15-6-8-7-16-11(12)13-8/h7,9-10H,2-6H2,1H3,(H2,12,13). The van der Waals surface area contributed by atoms with Gasteiger partial charge >= 0.3 is 0 Å². The van der Waals surface area contributed by atoms with Gasteiger partial charge in [-0.25, -0.2) is 4.98 Å². The Morgan fingerprint density at radius 1 is 1.50 bits per heavy atom. The van der Waals surface area contributed by atoms with Gasteiger partial charge in [0.1, 0.15) is 0 Å². The number of anilines is 1. The van der Waals surface area contributed by atoms with Gasteiger partial charge in [-0.15, -0.1) is 11.3 Å². The Morgan fingerprint density at radius 2 is 2.31 bits per heavy atom. The second-order valence-corrected chi connectivity index (χ2v) is 5.02. The number of thiazole rings is 1. The van der Waals surface area contributed by atoms with Crippen LogP contribution in [0.4, 0.5) is 5.13 Å². The van der Waals surface area contributed by atoms with Crippen molar-refractivity contribution < 1.29 is 9.47 Å². The molecule has 0 aromatic carbocycles. The summed E-state index contributed by atoms with van der Waals surface area (Å²) >= 11 is 1.46. The molecule has 1 heterocycles. The van der Waals surface area contributed by atoms with Gasteiger partial charge in [0.15, 0.2) is 5.13 Å². The Bertz CT molecular complexity index is 330. The fraction of sp³-hybridized carbons (Fsp3) is 0.727. The molecule has 5 heteroatoms. The van der Waals surface area contributed by atoms with Crippen LogP contribution in [0, 0.1) is 0 Å². The third kappa shape index (κ3) is 3.17. The van der Waals surface area contributed by atoms with Crippen LogP contribution in [0.1, 0.15) is 31.4 Å². The first-order valence-corrected chi connectivity index (χ1v) is 6.50. The van der Waals surface area contributed by atoms with Crippen molar-refractivity contribution in [3.05, 3.63) is 11.1 Å². The lowest BCUT2D eigenvalue weighted by Crippen LogP contribution is -2.27. The molecule has 2 unspecified atom stereocenters. The molecule has 2 rings (SSSR count). The molecule has 0 bridgehead atoms. The van der Waals surface area contributed by atoms with Crippen LogP contribution in [0.15, 0.2) is 5.38 Å². The van der Waals surface area contributed by atoms with Crippen molar-refractivity contribution in [2.75, 3.05) is 12.8 Å². The van der Waals surface area contributed by atoms with Gasteiger partial charge < -0.3 is 15.2 Å². The minimum Gasteiger partial charge on any atom is -0.381 e. The van der Waals surface area contributed by atoms with E-state index >= 15 is 0 Å². The molecule has 0 amide bonds. The number of hydrogen-bond acceptors (Lipinski definition) is 5. The molecule has 1 aromatic rings. The van der Waals surface area contributed by atoms with Crippen molar-refractivity contribution in [2.45, 2.75) is 44.5 Å². The van der Waals surface area contributed by atoms with Crippen molar-refractivity contribution in [3.8, 4) is 0 Å². The number of methoxy groups -OCH3 is 1. The molecule has 1 saturated carbocycles. The summed E-state index contributed by atoms with van der Waals surface area (Å²) in [5.41, 5.74) is 6.50. The maximum absolute atomic E-state index is 5.82. The minimum atomic E-state index is 0.307. The molecule has 1 aromatic heterocycles. The van der Waals surface area contributed by atoms with Crippen LogP contribution in [0.2, 0.25) is 0 Å². The molecule has 0 aliphatic heterocycles. The predicted molar refractivity (Wildman–Crippen MR) is 64.4 cm³/mol. The Balaban J connectivity index is 1.77. The lowest BCUT2D eigenvalue weighted by molar-refractivity contribution is -0.0370. The van der Waals surface area contributed by atoms with Gasteiger partial charge in [-0.3, -0.25) is 0 Å². The van der Waals surface area contributed by atoms with E-state index in [4.69, 9.17) is 15.2 Å². The molecule has 16 heavy (non-hydrogen) atoms. The van der Waals surface area contributed by atoms with Crippen molar-refractivity contribution in [1.29, 1.82) is 0 Å². The zero-order valence-corrected chi connectivity index (χ0v) is 10.3. The highest BCUT2D eigenvalue weighted by molar-refractivity contribution is 7.13. The first-order chi connectivity index (χ1) is 7.78. The minimum absolute atomic E-state index is 0.307. The zero-order valence-electron chi connectivity index (χ0n) is 9.52. The molecule has 1 fully saturated rings. The summed E-state index contributed by atoms with van der Waals surface area (Å²) < 4.78 is 11.2. The number of nitrogens with two attached hydrogens (primary N) is 1. The van der Waals surface area contributed by atoms with Crippen molar-refractivity contribution in [2.24, 2.45) is 0 Å². The molecular formula is C11H18N2O2S. The number of aromatic nitrogens is 1. The van der Waals surface area contributed by atoms with Gasteiger partial charge in [0, 0.05) is 12.5 Å². The second-order valence-electron chi connectivity index (χ2n) is 4.13. The van der Waals surface area contributed by atoms with E-state index in [0.29, 0.717) is 23.9 Å². The quantitative estimate of drug-likeness (QED) is 0.879. The monoisotopic (exact) mass is 242 g/mol. The summed E-state index contributed by atoms with van der Waals surface area (Å²) in [6.07, 6.45) is 5.12. The van der Waals surface area contributed by atoms with E-state index < -0.39 is 0 Å². The number of ether oxygens (including phenoxy) is 2. The molecule has 0 radical (unpaired) electrons. The molecule has 1 aliphatic carbocycles. The van der Waals surface area contributed by atoms with Crippen LogP contribution < -0.4 is 5.73 Å². The van der Waals surface area contributed by atoms with E-state index in [2.05, 4.69) is 4.98 Å². The summed E-state index contributed by atoms with van der Waals surface area (Å²) in [6, 6.07) is 0. The van der Waals surface area contributed by atoms with Crippen molar-refractivity contribution in [3.63, 3.8) is 0 Å². The lowest BCUT2D eigenvalue weighted by atomic mass is 9.95. The van der Waals surface area contributed by atoms with Crippen molar-refractivity contribution in [1.82, 2.24) is 4.98 Å². The molecule has 90 valence electrons. The first-order valence-electron chi connectivity index (χ1n) is 5.62. The highest BCUT2D eigenvalue weighted by atomic mass is 32.1. The van der Waals surface area contributed by atoms with E-state index in [9.17, 15) is 0 Å². The van der Waals surface area contributed by atoms with E-state index in [1.54, 1.807) is 7.11 Å². The molecule has 4 nitrogen and oxygen atoms in total. The summed E-state index contributed by atoms with van der Waals surface area (Å²) in [6.45, 7) is 0.564. The summed E-state index contributed by atoms with van der Waals surface area (Å²) in [4.78, 5) is 4.17. The fourth-order valence-electron chi connectivity index (χ4n) is 2.06. The molecule has 0 spiro atoms. The Morgan fingerprint density at radius 3 is 3.00 bits per heavy atom. The van der Waals surface area contributed by atoms with Gasteiger partial charge in [-0.2, -0.15) is 0 Å². The zero-order chi connectivity index (χ0) is 11.4. The lowest BCUT2D eigenvalue weighted by Gasteiger charge is -2.27. The highest BCUT2D eigenvalue weighted by Crippen LogP contribution is 2.24. The van der Waals surface area contributed by atoms with Gasteiger partial charge in [0.05, 0.1) is 24.5 Å². The maximum atomic E-state index is 5.82. The normalized spacial score (nSPS) is 25.8.